The molecule has 2 atom stereocenters. The van der Waals surface area contributed by atoms with Gasteiger partial charge >= 0.3 is 0 Å². The van der Waals surface area contributed by atoms with Crippen LogP contribution in [-0.2, 0) is 4.79 Å². The van der Waals surface area contributed by atoms with Crippen LogP contribution in [-0.4, -0.2) is 51.8 Å². The highest BCUT2D eigenvalue weighted by Crippen LogP contribution is 2.45. The Morgan fingerprint density at radius 1 is 1.14 bits per heavy atom. The fourth-order valence-electron chi connectivity index (χ4n) is 4.76. The largest absolute Gasteiger partial charge is 0.497 e. The minimum atomic E-state index is -0.184. The van der Waals surface area contributed by atoms with Crippen molar-refractivity contribution in [2.45, 2.75) is 30.5 Å². The normalized spacial score (nSPS) is 20.2. The zero-order valence-corrected chi connectivity index (χ0v) is 21.0. The molecule has 1 amide bonds. The molecular weight excluding hydrogens is 476 g/mol. The minimum absolute atomic E-state index is 0.102. The van der Waals surface area contributed by atoms with E-state index in [2.05, 4.69) is 21.3 Å². The van der Waals surface area contributed by atoms with Crippen LogP contribution in [0.4, 0.5) is 5.95 Å². The molecule has 0 radical (unpaired) electrons. The molecule has 1 aromatic heterocycles. The number of methoxy groups -OCH3 is 2. The van der Waals surface area contributed by atoms with Crippen LogP contribution in [0.3, 0.4) is 0 Å². The van der Waals surface area contributed by atoms with Gasteiger partial charge in [0, 0.05) is 5.92 Å². The summed E-state index contributed by atoms with van der Waals surface area (Å²) in [5.74, 6) is 1.99. The van der Waals surface area contributed by atoms with Crippen molar-refractivity contribution in [3.05, 3.63) is 65.2 Å². The summed E-state index contributed by atoms with van der Waals surface area (Å²) in [6, 6.07) is 15.7. The number of nitrogens with one attached hydrogen (secondary N) is 1. The van der Waals surface area contributed by atoms with E-state index in [1.165, 1.54) is 17.3 Å². The van der Waals surface area contributed by atoms with Crippen LogP contribution in [0.5, 0.6) is 11.5 Å². The van der Waals surface area contributed by atoms with Gasteiger partial charge < -0.3 is 15.2 Å². The van der Waals surface area contributed by atoms with Crippen LogP contribution >= 0.6 is 11.8 Å². The molecular formula is C26H28N6O3S. The molecule has 9 nitrogen and oxygen atoms in total. The highest BCUT2D eigenvalue weighted by atomic mass is 32.2. The number of H-pyrrole nitrogens is 1. The second-order valence-electron chi connectivity index (χ2n) is 8.67. The first-order chi connectivity index (χ1) is 17.6. The molecule has 0 spiro atoms. The van der Waals surface area contributed by atoms with Crippen LogP contribution in [0.2, 0.25) is 0 Å². The first-order valence-corrected chi connectivity index (χ1v) is 12.7. The van der Waals surface area contributed by atoms with E-state index in [9.17, 15) is 4.79 Å². The van der Waals surface area contributed by atoms with E-state index >= 15 is 0 Å². The van der Waals surface area contributed by atoms with Crippen molar-refractivity contribution in [2.24, 2.45) is 11.0 Å². The van der Waals surface area contributed by atoms with Crippen molar-refractivity contribution in [3.63, 3.8) is 0 Å². The third-order valence-corrected chi connectivity index (χ3v) is 7.31. The Balaban J connectivity index is 1.46. The van der Waals surface area contributed by atoms with Crippen LogP contribution < -0.4 is 15.2 Å². The Labute approximate surface area is 213 Å². The number of anilines is 1. The number of aromatic amines is 1. The lowest BCUT2D eigenvalue weighted by atomic mass is 9.77. The number of thioether (sulfide) groups is 1. The summed E-state index contributed by atoms with van der Waals surface area (Å²) in [7, 11) is 3.30. The van der Waals surface area contributed by atoms with Gasteiger partial charge in [-0.15, -0.1) is 5.10 Å². The van der Waals surface area contributed by atoms with Crippen molar-refractivity contribution >= 4 is 35.4 Å². The summed E-state index contributed by atoms with van der Waals surface area (Å²) < 4.78 is 10.6. The number of carbonyl (C=O) groups is 1. The van der Waals surface area contributed by atoms with Crippen molar-refractivity contribution in [1.29, 1.82) is 0 Å². The standard InChI is InChI=1S/C26H28N6O3S/c1-34-19-10-6-16(7-11-19)14-18-4-3-5-21-23(18)31-32(22(33)15-36-26-28-25(27)29-30-26)24(21)17-8-12-20(35-2)13-9-17/h6-14,21,24H,3-5,15H2,1-2H3,(H3,27,28,29,30)/b18-14-/t21-,24-/m0/s1. The molecule has 3 N–H and O–H groups in total. The molecule has 1 fully saturated rings. The maximum atomic E-state index is 13.5. The van der Waals surface area contributed by atoms with E-state index in [-0.39, 0.29) is 29.6 Å². The van der Waals surface area contributed by atoms with Gasteiger partial charge in [0.15, 0.2) is 0 Å². The van der Waals surface area contributed by atoms with Gasteiger partial charge in [0.05, 0.1) is 31.7 Å². The molecule has 186 valence electrons. The third kappa shape index (κ3) is 4.94. The first kappa shape index (κ1) is 23.9. The van der Waals surface area contributed by atoms with Crippen molar-refractivity contribution < 1.29 is 14.3 Å². The van der Waals surface area contributed by atoms with Gasteiger partial charge in [0.2, 0.25) is 11.1 Å². The molecule has 5 rings (SSSR count). The van der Waals surface area contributed by atoms with Gasteiger partial charge in [0.25, 0.3) is 5.91 Å². The Kier molecular flexibility index (Phi) is 6.95. The smallest absolute Gasteiger partial charge is 0.253 e. The van der Waals surface area contributed by atoms with Crippen LogP contribution in [0, 0.1) is 5.92 Å². The molecule has 2 aromatic carbocycles. The average Bonchev–Trinajstić information content (AvgIpc) is 3.52. The molecule has 0 unspecified atom stereocenters. The molecule has 1 saturated carbocycles. The Hall–Kier alpha value is -3.79. The number of benzene rings is 2. The number of nitrogens with zero attached hydrogens (tertiary/aromatic N) is 4. The predicted molar refractivity (Wildman–Crippen MR) is 140 cm³/mol. The van der Waals surface area contributed by atoms with E-state index in [0.717, 1.165) is 47.6 Å². The fourth-order valence-corrected chi connectivity index (χ4v) is 5.42. The number of allylic oxidation sites excluding steroid dienone is 1. The zero-order chi connectivity index (χ0) is 25.1. The molecule has 1 aliphatic carbocycles. The number of hydrazone groups is 1. The Morgan fingerprint density at radius 2 is 1.83 bits per heavy atom. The summed E-state index contributed by atoms with van der Waals surface area (Å²) in [5, 5.41) is 13.6. The lowest BCUT2D eigenvalue weighted by Crippen LogP contribution is -2.32. The van der Waals surface area contributed by atoms with E-state index in [1.54, 1.807) is 19.2 Å². The Morgan fingerprint density at radius 3 is 2.47 bits per heavy atom. The number of rotatable bonds is 7. The lowest BCUT2D eigenvalue weighted by Gasteiger charge is -2.29. The fraction of sp³-hybridized carbons (Fsp3) is 0.308. The monoisotopic (exact) mass is 504 g/mol. The van der Waals surface area contributed by atoms with Crippen molar-refractivity contribution in [1.82, 2.24) is 20.2 Å². The maximum absolute atomic E-state index is 13.5. The molecule has 3 aromatic rings. The van der Waals surface area contributed by atoms with E-state index in [0.29, 0.717) is 5.16 Å². The number of nitrogen functional groups attached to an aromatic ring is 1. The van der Waals surface area contributed by atoms with Gasteiger partial charge in [0.1, 0.15) is 11.5 Å². The molecule has 10 heteroatoms. The van der Waals surface area contributed by atoms with Crippen LogP contribution in [0.1, 0.15) is 36.4 Å². The summed E-state index contributed by atoms with van der Waals surface area (Å²) in [6.07, 6.45) is 5.09. The molecule has 0 bridgehead atoms. The number of amides is 1. The molecule has 0 saturated heterocycles. The molecule has 36 heavy (non-hydrogen) atoms. The number of carbonyl (C=O) groups excluding carboxylic acids is 1. The quantitative estimate of drug-likeness (QED) is 0.460. The highest BCUT2D eigenvalue weighted by molar-refractivity contribution is 7.99. The summed E-state index contributed by atoms with van der Waals surface area (Å²) in [4.78, 5) is 17.5. The Bertz CT molecular complexity index is 1290. The predicted octanol–water partition coefficient (Wildman–Crippen LogP) is 4.32. The topological polar surface area (TPSA) is 119 Å². The number of fused-ring (bicyclic) bond motifs is 1. The van der Waals surface area contributed by atoms with E-state index in [1.807, 2.05) is 48.5 Å². The van der Waals surface area contributed by atoms with Gasteiger partial charge in [-0.25, -0.2) is 10.1 Å². The number of hydrogen-bond donors (Lipinski definition) is 2. The molecule has 2 aliphatic rings. The number of ether oxygens (including phenoxy) is 2. The zero-order valence-electron chi connectivity index (χ0n) is 20.2. The van der Waals surface area contributed by atoms with Gasteiger partial charge in [-0.1, -0.05) is 36.0 Å². The van der Waals surface area contributed by atoms with Gasteiger partial charge in [-0.05, 0) is 66.3 Å². The van der Waals surface area contributed by atoms with Crippen molar-refractivity contribution in [3.8, 4) is 11.5 Å². The third-order valence-electron chi connectivity index (χ3n) is 6.48. The SMILES string of the molecule is COc1ccc(/C=C2/CCC[C@H]3C2=NN(C(=O)CSc2n[nH]c(N)n2)[C@H]3c2ccc(OC)cc2)cc1. The summed E-state index contributed by atoms with van der Waals surface area (Å²) >= 11 is 1.24. The van der Waals surface area contributed by atoms with Crippen LogP contribution in [0.25, 0.3) is 6.08 Å². The first-order valence-electron chi connectivity index (χ1n) is 11.8. The van der Waals surface area contributed by atoms with E-state index in [4.69, 9.17) is 20.3 Å². The van der Waals surface area contributed by atoms with E-state index < -0.39 is 0 Å². The van der Waals surface area contributed by atoms with Gasteiger partial charge in [-0.3, -0.25) is 4.79 Å². The maximum Gasteiger partial charge on any atom is 0.253 e. The number of nitrogens with two attached hydrogens (primary N) is 1. The van der Waals surface area contributed by atoms with Crippen molar-refractivity contribution in [2.75, 3.05) is 25.7 Å². The van der Waals surface area contributed by atoms with Crippen LogP contribution in [0.15, 0.2) is 64.4 Å². The summed E-state index contributed by atoms with van der Waals surface area (Å²) in [5.41, 5.74) is 9.88. The second kappa shape index (κ2) is 10.4. The van der Waals surface area contributed by atoms with Gasteiger partial charge in [-0.2, -0.15) is 10.1 Å². The molecule has 2 heterocycles. The number of aromatic nitrogens is 3. The lowest BCUT2D eigenvalue weighted by molar-refractivity contribution is -0.130. The second-order valence-corrected chi connectivity index (χ2v) is 9.62. The molecule has 1 aliphatic heterocycles. The highest BCUT2D eigenvalue weighted by Gasteiger charge is 2.43. The summed E-state index contributed by atoms with van der Waals surface area (Å²) in [6.45, 7) is 0. The number of hydrogen-bond acceptors (Lipinski definition) is 8. The minimum Gasteiger partial charge on any atom is -0.497 e. The average molecular weight is 505 g/mol.